The highest BCUT2D eigenvalue weighted by Gasteiger charge is 2.11. The molecule has 0 unspecified atom stereocenters. The SMILES string of the molecule is Cc1ccc(CS(=O)(=O)NCCc2coc(C)n2)cc1. The molecule has 6 heteroatoms. The molecule has 1 aromatic carbocycles. The molecule has 108 valence electrons. The number of nitrogens with one attached hydrogen (secondary N) is 1. The van der Waals surface area contributed by atoms with Gasteiger partial charge in [0, 0.05) is 19.9 Å². The lowest BCUT2D eigenvalue weighted by Gasteiger charge is -2.06. The first-order valence-corrected chi connectivity index (χ1v) is 8.04. The summed E-state index contributed by atoms with van der Waals surface area (Å²) < 4.78 is 31.5. The van der Waals surface area contributed by atoms with Crippen molar-refractivity contribution in [1.82, 2.24) is 9.71 Å². The Morgan fingerprint density at radius 3 is 2.50 bits per heavy atom. The highest BCUT2D eigenvalue weighted by atomic mass is 32.2. The van der Waals surface area contributed by atoms with E-state index in [1.165, 1.54) is 0 Å². The fourth-order valence-electron chi connectivity index (χ4n) is 1.81. The van der Waals surface area contributed by atoms with Gasteiger partial charge in [-0.3, -0.25) is 0 Å². The van der Waals surface area contributed by atoms with E-state index in [9.17, 15) is 8.42 Å². The first-order chi connectivity index (χ1) is 9.44. The predicted octanol–water partition coefficient (Wildman–Crippen LogP) is 1.95. The third-order valence-corrected chi connectivity index (χ3v) is 4.20. The summed E-state index contributed by atoms with van der Waals surface area (Å²) >= 11 is 0. The number of nitrogens with zero attached hydrogens (tertiary/aromatic N) is 1. The van der Waals surface area contributed by atoms with E-state index in [4.69, 9.17) is 4.42 Å². The largest absolute Gasteiger partial charge is 0.449 e. The summed E-state index contributed by atoms with van der Waals surface area (Å²) in [6, 6.07) is 7.47. The van der Waals surface area contributed by atoms with Gasteiger partial charge in [0.25, 0.3) is 0 Å². The van der Waals surface area contributed by atoms with Crippen LogP contribution in [-0.2, 0) is 22.2 Å². The van der Waals surface area contributed by atoms with E-state index in [1.807, 2.05) is 31.2 Å². The molecule has 0 saturated carbocycles. The second kappa shape index (κ2) is 6.19. The highest BCUT2D eigenvalue weighted by molar-refractivity contribution is 7.88. The molecule has 1 N–H and O–H groups in total. The number of aromatic nitrogens is 1. The van der Waals surface area contributed by atoms with Crippen LogP contribution in [0.4, 0.5) is 0 Å². The zero-order chi connectivity index (χ0) is 14.6. The number of aryl methyl sites for hydroxylation is 2. The molecule has 5 nitrogen and oxygen atoms in total. The van der Waals surface area contributed by atoms with Gasteiger partial charge >= 0.3 is 0 Å². The molecule has 1 heterocycles. The first kappa shape index (κ1) is 14.7. The molecule has 1 aromatic heterocycles. The van der Waals surface area contributed by atoms with Crippen molar-refractivity contribution in [2.24, 2.45) is 0 Å². The lowest BCUT2D eigenvalue weighted by atomic mass is 10.2. The number of sulfonamides is 1. The molecule has 0 fully saturated rings. The maximum Gasteiger partial charge on any atom is 0.215 e. The molecular weight excluding hydrogens is 276 g/mol. The molecule has 0 bridgehead atoms. The van der Waals surface area contributed by atoms with E-state index in [2.05, 4.69) is 9.71 Å². The Labute approximate surface area is 119 Å². The molecule has 0 aliphatic heterocycles. The summed E-state index contributed by atoms with van der Waals surface area (Å²) in [5, 5.41) is 0. The van der Waals surface area contributed by atoms with Gasteiger partial charge in [0.1, 0.15) is 6.26 Å². The monoisotopic (exact) mass is 294 g/mol. The van der Waals surface area contributed by atoms with E-state index < -0.39 is 10.0 Å². The smallest absolute Gasteiger partial charge is 0.215 e. The van der Waals surface area contributed by atoms with Crippen molar-refractivity contribution < 1.29 is 12.8 Å². The lowest BCUT2D eigenvalue weighted by molar-refractivity contribution is 0.520. The maximum atomic E-state index is 11.9. The van der Waals surface area contributed by atoms with Crippen LogP contribution in [0.25, 0.3) is 0 Å². The normalized spacial score (nSPS) is 11.7. The first-order valence-electron chi connectivity index (χ1n) is 6.38. The summed E-state index contributed by atoms with van der Waals surface area (Å²) in [6.07, 6.45) is 2.06. The molecule has 0 aliphatic carbocycles. The number of rotatable bonds is 6. The standard InChI is InChI=1S/C14H18N2O3S/c1-11-3-5-13(6-4-11)10-20(17,18)15-8-7-14-9-19-12(2)16-14/h3-6,9,15H,7-8,10H2,1-2H3. The molecule has 2 rings (SSSR count). The predicted molar refractivity (Wildman–Crippen MR) is 76.7 cm³/mol. The average Bonchev–Trinajstić information content (AvgIpc) is 2.77. The molecular formula is C14H18N2O3S. The van der Waals surface area contributed by atoms with Crippen molar-refractivity contribution in [2.75, 3.05) is 6.54 Å². The minimum absolute atomic E-state index is 0.00881. The molecule has 0 aliphatic rings. The fraction of sp³-hybridized carbons (Fsp3) is 0.357. The third-order valence-electron chi connectivity index (χ3n) is 2.85. The van der Waals surface area contributed by atoms with Gasteiger partial charge in [-0.25, -0.2) is 18.1 Å². The Bertz CT molecular complexity index is 660. The number of oxazole rings is 1. The van der Waals surface area contributed by atoms with Gasteiger partial charge < -0.3 is 4.42 Å². The lowest BCUT2D eigenvalue weighted by Crippen LogP contribution is -2.27. The minimum atomic E-state index is -3.32. The summed E-state index contributed by atoms with van der Waals surface area (Å²) in [4.78, 5) is 4.12. The Hall–Kier alpha value is -1.66. The van der Waals surface area contributed by atoms with Crippen molar-refractivity contribution in [3.8, 4) is 0 Å². The molecule has 0 atom stereocenters. The Kier molecular flexibility index (Phi) is 4.57. The van der Waals surface area contributed by atoms with Crippen LogP contribution in [-0.4, -0.2) is 19.9 Å². The summed E-state index contributed by atoms with van der Waals surface area (Å²) in [6.45, 7) is 4.04. The fourth-order valence-corrected chi connectivity index (χ4v) is 2.96. The van der Waals surface area contributed by atoms with E-state index >= 15 is 0 Å². The van der Waals surface area contributed by atoms with Crippen LogP contribution in [0, 0.1) is 13.8 Å². The number of hydrogen-bond donors (Lipinski definition) is 1. The molecule has 20 heavy (non-hydrogen) atoms. The van der Waals surface area contributed by atoms with Crippen molar-refractivity contribution in [1.29, 1.82) is 0 Å². The summed E-state index contributed by atoms with van der Waals surface area (Å²) in [5.74, 6) is 0.577. The van der Waals surface area contributed by atoms with E-state index in [-0.39, 0.29) is 5.75 Å². The van der Waals surface area contributed by atoms with Crippen molar-refractivity contribution in [3.05, 3.63) is 53.2 Å². The van der Waals surface area contributed by atoms with Crippen LogP contribution in [0.15, 0.2) is 34.9 Å². The minimum Gasteiger partial charge on any atom is -0.449 e. The maximum absolute atomic E-state index is 11.9. The highest BCUT2D eigenvalue weighted by Crippen LogP contribution is 2.07. The van der Waals surface area contributed by atoms with Crippen LogP contribution >= 0.6 is 0 Å². The van der Waals surface area contributed by atoms with Crippen LogP contribution in [0.1, 0.15) is 22.7 Å². The quantitative estimate of drug-likeness (QED) is 0.884. The molecule has 0 amide bonds. The zero-order valence-electron chi connectivity index (χ0n) is 11.6. The van der Waals surface area contributed by atoms with E-state index in [1.54, 1.807) is 13.2 Å². The van der Waals surface area contributed by atoms with Gasteiger partial charge in [-0.2, -0.15) is 0 Å². The van der Waals surface area contributed by atoms with Crippen LogP contribution in [0.3, 0.4) is 0 Å². The molecule has 0 saturated heterocycles. The van der Waals surface area contributed by atoms with E-state index in [0.29, 0.717) is 18.9 Å². The number of benzene rings is 1. The summed E-state index contributed by atoms with van der Waals surface area (Å²) in [5.41, 5.74) is 2.64. The van der Waals surface area contributed by atoms with Crippen LogP contribution in [0.2, 0.25) is 0 Å². The second-order valence-electron chi connectivity index (χ2n) is 4.75. The van der Waals surface area contributed by atoms with Gasteiger partial charge in [0.15, 0.2) is 5.89 Å². The van der Waals surface area contributed by atoms with Gasteiger partial charge in [-0.05, 0) is 12.5 Å². The average molecular weight is 294 g/mol. The Balaban J connectivity index is 1.86. The second-order valence-corrected chi connectivity index (χ2v) is 6.55. The van der Waals surface area contributed by atoms with Gasteiger partial charge in [-0.1, -0.05) is 29.8 Å². The zero-order valence-corrected chi connectivity index (χ0v) is 12.4. The molecule has 2 aromatic rings. The van der Waals surface area contributed by atoms with Crippen molar-refractivity contribution in [2.45, 2.75) is 26.0 Å². The summed E-state index contributed by atoms with van der Waals surface area (Å²) in [7, 11) is -3.32. The Morgan fingerprint density at radius 2 is 1.90 bits per heavy atom. The van der Waals surface area contributed by atoms with E-state index in [0.717, 1.165) is 16.8 Å². The third kappa shape index (κ3) is 4.47. The van der Waals surface area contributed by atoms with Gasteiger partial charge in [0.2, 0.25) is 10.0 Å². The van der Waals surface area contributed by atoms with Gasteiger partial charge in [0.05, 0.1) is 11.4 Å². The Morgan fingerprint density at radius 1 is 1.20 bits per heavy atom. The topological polar surface area (TPSA) is 72.2 Å². The molecule has 0 radical (unpaired) electrons. The molecule has 0 spiro atoms. The number of hydrogen-bond acceptors (Lipinski definition) is 4. The van der Waals surface area contributed by atoms with Crippen LogP contribution < -0.4 is 4.72 Å². The van der Waals surface area contributed by atoms with Gasteiger partial charge in [-0.15, -0.1) is 0 Å². The van der Waals surface area contributed by atoms with Crippen molar-refractivity contribution in [3.63, 3.8) is 0 Å². The van der Waals surface area contributed by atoms with Crippen molar-refractivity contribution >= 4 is 10.0 Å². The van der Waals surface area contributed by atoms with Crippen LogP contribution in [0.5, 0.6) is 0 Å².